The number of hydrogen-bond donors (Lipinski definition) is 0. The second-order valence-corrected chi connectivity index (χ2v) is 2.95. The minimum Gasteiger partial charge on any atom is -0.113 e. The molecule has 1 atom stereocenters. The van der Waals surface area contributed by atoms with Crippen molar-refractivity contribution in [1.82, 2.24) is 0 Å². The molecule has 0 saturated carbocycles. The second-order valence-electron chi connectivity index (χ2n) is 2.11. The van der Waals surface area contributed by atoms with E-state index in [2.05, 4.69) is 0 Å². The third-order valence-corrected chi connectivity index (χ3v) is 2.31. The lowest BCUT2D eigenvalue weighted by Gasteiger charge is -1.79. The molecule has 9 heavy (non-hydrogen) atoms. The van der Waals surface area contributed by atoms with Gasteiger partial charge in [-0.3, -0.25) is 0 Å². The summed E-state index contributed by atoms with van der Waals surface area (Å²) in [6, 6.07) is 5.78. The Morgan fingerprint density at radius 1 is 1.33 bits per heavy atom. The van der Waals surface area contributed by atoms with Crippen LogP contribution in [0.4, 0.5) is 0 Å². The number of halogens is 2. The van der Waals surface area contributed by atoms with Gasteiger partial charge < -0.3 is 0 Å². The van der Waals surface area contributed by atoms with E-state index in [-0.39, 0.29) is 5.38 Å². The minimum atomic E-state index is 0.104. The maximum absolute atomic E-state index is 5.80. The Bertz CT molecular complexity index is 255. The summed E-state index contributed by atoms with van der Waals surface area (Å²) in [5.74, 6) is 0. The summed E-state index contributed by atoms with van der Waals surface area (Å²) in [5, 5.41) is 0.903. The second kappa shape index (κ2) is 1.65. The van der Waals surface area contributed by atoms with Crippen LogP contribution < -0.4 is 0 Å². The molecule has 46 valence electrons. The number of alkyl halides is 1. The zero-order valence-electron chi connectivity index (χ0n) is 4.57. The van der Waals surface area contributed by atoms with Crippen LogP contribution >= 0.6 is 23.2 Å². The van der Waals surface area contributed by atoms with Crippen molar-refractivity contribution in [3.8, 4) is 0 Å². The zero-order valence-corrected chi connectivity index (χ0v) is 6.08. The molecule has 1 aromatic rings. The molecule has 0 nitrogen and oxygen atoms in total. The fourth-order valence-corrected chi connectivity index (χ4v) is 1.69. The SMILES string of the molecule is Clc1cccc2c1C2Cl. The summed E-state index contributed by atoms with van der Waals surface area (Å²) in [4.78, 5) is 0. The van der Waals surface area contributed by atoms with Crippen LogP contribution in [-0.4, -0.2) is 0 Å². The first-order valence-corrected chi connectivity index (χ1v) is 3.54. The molecule has 2 heteroatoms. The van der Waals surface area contributed by atoms with Gasteiger partial charge in [-0.2, -0.15) is 0 Å². The highest BCUT2D eigenvalue weighted by Crippen LogP contribution is 2.50. The summed E-state index contributed by atoms with van der Waals surface area (Å²) >= 11 is 11.6. The summed E-state index contributed by atoms with van der Waals surface area (Å²) in [6.07, 6.45) is 0. The lowest BCUT2D eigenvalue weighted by Crippen LogP contribution is -1.56. The van der Waals surface area contributed by atoms with Crippen LogP contribution in [0.2, 0.25) is 5.02 Å². The van der Waals surface area contributed by atoms with Gasteiger partial charge in [0.25, 0.3) is 0 Å². The molecule has 2 rings (SSSR count). The summed E-state index contributed by atoms with van der Waals surface area (Å²) in [5.41, 5.74) is 2.30. The van der Waals surface area contributed by atoms with Gasteiger partial charge >= 0.3 is 0 Å². The highest BCUT2D eigenvalue weighted by atomic mass is 35.5. The van der Waals surface area contributed by atoms with Crippen LogP contribution in [0.3, 0.4) is 0 Å². The van der Waals surface area contributed by atoms with Crippen molar-refractivity contribution < 1.29 is 0 Å². The van der Waals surface area contributed by atoms with Gasteiger partial charge in [-0.15, -0.1) is 11.6 Å². The predicted octanol–water partition coefficient (Wildman–Crippen LogP) is 2.98. The lowest BCUT2D eigenvalue weighted by molar-refractivity contribution is 1.51. The van der Waals surface area contributed by atoms with Gasteiger partial charge in [-0.25, -0.2) is 0 Å². The Morgan fingerprint density at radius 3 is 2.67 bits per heavy atom. The first-order valence-electron chi connectivity index (χ1n) is 2.73. The lowest BCUT2D eigenvalue weighted by atomic mass is 10.4. The molecular formula is C7H4Cl2. The topological polar surface area (TPSA) is 0 Å². The van der Waals surface area contributed by atoms with Gasteiger partial charge in [0.15, 0.2) is 0 Å². The van der Waals surface area contributed by atoms with Crippen LogP contribution in [0.25, 0.3) is 0 Å². The van der Waals surface area contributed by atoms with E-state index in [4.69, 9.17) is 23.2 Å². The van der Waals surface area contributed by atoms with Gasteiger partial charge in [-0.05, 0) is 17.2 Å². The number of hydrogen-bond acceptors (Lipinski definition) is 0. The molecule has 0 N–H and O–H groups in total. The summed E-state index contributed by atoms with van der Waals surface area (Å²) in [6.45, 7) is 0. The largest absolute Gasteiger partial charge is 0.113 e. The van der Waals surface area contributed by atoms with Crippen molar-refractivity contribution in [3.63, 3.8) is 0 Å². The summed E-state index contributed by atoms with van der Waals surface area (Å²) < 4.78 is 0. The van der Waals surface area contributed by atoms with Gasteiger partial charge in [0, 0.05) is 5.02 Å². The quantitative estimate of drug-likeness (QED) is 0.510. The molecule has 1 aromatic carbocycles. The van der Waals surface area contributed by atoms with E-state index in [1.54, 1.807) is 0 Å². The predicted molar refractivity (Wildman–Crippen MR) is 39.1 cm³/mol. The van der Waals surface area contributed by atoms with Gasteiger partial charge in [0.1, 0.15) is 0 Å². The average Bonchev–Trinajstić information content (AvgIpc) is 2.45. The van der Waals surface area contributed by atoms with E-state index in [0.717, 1.165) is 10.6 Å². The van der Waals surface area contributed by atoms with Gasteiger partial charge in [0.2, 0.25) is 0 Å². The zero-order chi connectivity index (χ0) is 6.43. The number of fused-ring (bicyclic) bond motifs is 1. The van der Waals surface area contributed by atoms with Crippen LogP contribution in [0, 0.1) is 0 Å². The molecule has 0 heterocycles. The molecular weight excluding hydrogens is 155 g/mol. The van der Waals surface area contributed by atoms with Crippen molar-refractivity contribution in [2.24, 2.45) is 0 Å². The monoisotopic (exact) mass is 158 g/mol. The first kappa shape index (κ1) is 5.57. The molecule has 0 aliphatic heterocycles. The first-order chi connectivity index (χ1) is 4.30. The van der Waals surface area contributed by atoms with E-state index in [1.807, 2.05) is 18.2 Å². The van der Waals surface area contributed by atoms with E-state index in [1.165, 1.54) is 5.56 Å². The maximum atomic E-state index is 5.80. The molecule has 0 bridgehead atoms. The van der Waals surface area contributed by atoms with Crippen molar-refractivity contribution in [2.75, 3.05) is 0 Å². The van der Waals surface area contributed by atoms with E-state index in [0.29, 0.717) is 0 Å². The van der Waals surface area contributed by atoms with Crippen LogP contribution in [0.1, 0.15) is 16.5 Å². The Labute approximate surface area is 63.4 Å². The molecule has 0 spiro atoms. The molecule has 0 saturated heterocycles. The fraction of sp³-hybridized carbons (Fsp3) is 0.143. The highest BCUT2D eigenvalue weighted by molar-refractivity contribution is 6.35. The van der Waals surface area contributed by atoms with Crippen LogP contribution in [0.15, 0.2) is 18.2 Å². The molecule has 1 aliphatic rings. The molecule has 0 radical (unpaired) electrons. The minimum absolute atomic E-state index is 0.104. The molecule has 0 amide bonds. The molecule has 0 fully saturated rings. The Hall–Kier alpha value is -0.200. The normalized spacial score (nSPS) is 21.3. The van der Waals surface area contributed by atoms with Gasteiger partial charge in [0.05, 0.1) is 5.38 Å². The molecule has 0 aromatic heterocycles. The van der Waals surface area contributed by atoms with Gasteiger partial charge in [-0.1, -0.05) is 23.7 Å². The third kappa shape index (κ3) is 0.669. The van der Waals surface area contributed by atoms with Crippen molar-refractivity contribution >= 4 is 23.2 Å². The van der Waals surface area contributed by atoms with Crippen LogP contribution in [-0.2, 0) is 0 Å². The maximum Gasteiger partial charge on any atom is 0.0856 e. The standard InChI is InChI=1S/C7H4Cl2/c8-5-3-1-2-4-6(5)7(4)9/h1-3,7H. The van der Waals surface area contributed by atoms with E-state index < -0.39 is 0 Å². The van der Waals surface area contributed by atoms with Crippen molar-refractivity contribution in [3.05, 3.63) is 34.3 Å². The Balaban J connectivity index is 2.61. The van der Waals surface area contributed by atoms with Crippen molar-refractivity contribution in [1.29, 1.82) is 0 Å². The van der Waals surface area contributed by atoms with E-state index >= 15 is 0 Å². The fourth-order valence-electron chi connectivity index (χ4n) is 0.969. The Morgan fingerprint density at radius 2 is 2.11 bits per heavy atom. The Kier molecular flexibility index (Phi) is 1.02. The number of benzene rings is 1. The smallest absolute Gasteiger partial charge is 0.0856 e. The molecule has 1 unspecified atom stereocenters. The third-order valence-electron chi connectivity index (χ3n) is 1.53. The number of rotatable bonds is 0. The van der Waals surface area contributed by atoms with Crippen LogP contribution in [0.5, 0.6) is 0 Å². The summed E-state index contributed by atoms with van der Waals surface area (Å²) in [7, 11) is 0. The average molecular weight is 159 g/mol. The molecule has 1 aliphatic carbocycles. The highest BCUT2D eigenvalue weighted by Gasteiger charge is 2.32. The van der Waals surface area contributed by atoms with Crippen molar-refractivity contribution in [2.45, 2.75) is 5.38 Å². The van der Waals surface area contributed by atoms with E-state index in [9.17, 15) is 0 Å².